The maximum Gasteiger partial charge on any atom is 0.163 e. The Bertz CT molecular complexity index is 661. The Morgan fingerprint density at radius 1 is 1.19 bits per heavy atom. The molecule has 0 saturated heterocycles. The van der Waals surface area contributed by atoms with Crippen molar-refractivity contribution in [3.63, 3.8) is 0 Å². The number of methoxy groups -OCH3 is 1. The van der Waals surface area contributed by atoms with Gasteiger partial charge in [0.2, 0.25) is 0 Å². The molecular weight excluding hydrogens is 314 g/mol. The molecule has 1 aromatic carbocycles. The first-order valence-corrected chi connectivity index (χ1v) is 7.36. The lowest BCUT2D eigenvalue weighted by Gasteiger charge is -2.38. The third-order valence-electron chi connectivity index (χ3n) is 3.89. The van der Waals surface area contributed by atoms with Gasteiger partial charge in [-0.1, -0.05) is 35.3 Å². The Morgan fingerprint density at radius 2 is 1.86 bits per heavy atom. The van der Waals surface area contributed by atoms with Crippen LogP contribution in [0.1, 0.15) is 25.1 Å². The molecular formula is C15H13Cl2FN2O. The van der Waals surface area contributed by atoms with Crippen molar-refractivity contribution >= 4 is 23.2 Å². The molecule has 0 radical (unpaired) electrons. The molecule has 3 nitrogen and oxygen atoms in total. The largest absolute Gasteiger partial charge is 0.370 e. The van der Waals surface area contributed by atoms with Gasteiger partial charge in [0.15, 0.2) is 5.82 Å². The molecule has 1 fully saturated rings. The number of benzene rings is 1. The quantitative estimate of drug-likeness (QED) is 0.772. The summed E-state index contributed by atoms with van der Waals surface area (Å²) in [7, 11) is 1.63. The van der Waals surface area contributed by atoms with Gasteiger partial charge in [-0.2, -0.15) is 0 Å². The summed E-state index contributed by atoms with van der Waals surface area (Å²) < 4.78 is 18.9. The minimum Gasteiger partial charge on any atom is -0.370 e. The Balaban J connectivity index is 2.09. The Morgan fingerprint density at radius 3 is 2.33 bits per heavy atom. The minimum absolute atomic E-state index is 0.207. The van der Waals surface area contributed by atoms with Crippen molar-refractivity contribution in [2.45, 2.75) is 24.9 Å². The number of nitrogens with zero attached hydrogens (tertiary/aromatic N) is 2. The van der Waals surface area contributed by atoms with Crippen LogP contribution in [0.15, 0.2) is 24.3 Å². The molecule has 0 amide bonds. The highest BCUT2D eigenvalue weighted by Gasteiger charge is 2.42. The zero-order valence-electron chi connectivity index (χ0n) is 11.4. The Hall–Kier alpha value is -1.23. The van der Waals surface area contributed by atoms with E-state index >= 15 is 0 Å². The van der Waals surface area contributed by atoms with E-state index in [-0.39, 0.29) is 16.1 Å². The van der Waals surface area contributed by atoms with Crippen LogP contribution >= 0.6 is 23.2 Å². The van der Waals surface area contributed by atoms with E-state index in [4.69, 9.17) is 27.9 Å². The molecule has 21 heavy (non-hydrogen) atoms. The normalized spacial score (nSPS) is 16.6. The summed E-state index contributed by atoms with van der Waals surface area (Å²) in [5, 5.41) is 0.415. The van der Waals surface area contributed by atoms with Crippen LogP contribution < -0.4 is 0 Å². The van der Waals surface area contributed by atoms with E-state index in [2.05, 4.69) is 9.97 Å². The zero-order chi connectivity index (χ0) is 15.0. The van der Waals surface area contributed by atoms with E-state index in [9.17, 15) is 4.39 Å². The molecule has 3 rings (SSSR count). The van der Waals surface area contributed by atoms with Gasteiger partial charge < -0.3 is 4.74 Å². The molecule has 0 atom stereocenters. The van der Waals surface area contributed by atoms with E-state index in [1.165, 1.54) is 12.1 Å². The summed E-state index contributed by atoms with van der Waals surface area (Å²) in [5.41, 5.74) is 0.497. The maximum atomic E-state index is 13.4. The third kappa shape index (κ3) is 2.52. The van der Waals surface area contributed by atoms with Gasteiger partial charge in [-0.3, -0.25) is 0 Å². The second-order valence-corrected chi connectivity index (χ2v) is 5.78. The van der Waals surface area contributed by atoms with Gasteiger partial charge in [0.1, 0.15) is 21.7 Å². The van der Waals surface area contributed by atoms with Crippen LogP contribution in [0, 0.1) is 5.82 Å². The van der Waals surface area contributed by atoms with Crippen LogP contribution in [0.3, 0.4) is 0 Å². The molecule has 1 heterocycles. The highest BCUT2D eigenvalue weighted by atomic mass is 35.5. The van der Waals surface area contributed by atoms with Crippen molar-refractivity contribution in [3.05, 3.63) is 46.2 Å². The van der Waals surface area contributed by atoms with Crippen molar-refractivity contribution in [3.8, 4) is 11.1 Å². The Kier molecular flexibility index (Phi) is 3.86. The average Bonchev–Trinajstić information content (AvgIpc) is 2.37. The second-order valence-electron chi connectivity index (χ2n) is 5.07. The summed E-state index contributed by atoms with van der Waals surface area (Å²) in [6, 6.07) is 6.02. The topological polar surface area (TPSA) is 35.0 Å². The summed E-state index contributed by atoms with van der Waals surface area (Å²) in [6.45, 7) is 0. The van der Waals surface area contributed by atoms with E-state index < -0.39 is 5.60 Å². The zero-order valence-corrected chi connectivity index (χ0v) is 12.9. The van der Waals surface area contributed by atoms with Crippen molar-refractivity contribution in [2.75, 3.05) is 7.11 Å². The molecule has 0 bridgehead atoms. The number of hydrogen-bond acceptors (Lipinski definition) is 3. The first-order chi connectivity index (χ1) is 10.1. The first-order valence-electron chi connectivity index (χ1n) is 6.60. The molecule has 0 N–H and O–H groups in total. The lowest BCUT2D eigenvalue weighted by molar-refractivity contribution is -0.0846. The van der Waals surface area contributed by atoms with Crippen LogP contribution in [0.5, 0.6) is 0 Å². The molecule has 0 spiro atoms. The number of ether oxygens (including phenoxy) is 1. The van der Waals surface area contributed by atoms with Gasteiger partial charge in [-0.25, -0.2) is 14.4 Å². The van der Waals surface area contributed by atoms with E-state index in [1.807, 2.05) is 0 Å². The minimum atomic E-state index is -0.492. The molecule has 6 heteroatoms. The van der Waals surface area contributed by atoms with E-state index in [0.717, 1.165) is 19.3 Å². The summed E-state index contributed by atoms with van der Waals surface area (Å²) in [5.74, 6) is 0.127. The smallest absolute Gasteiger partial charge is 0.163 e. The first kappa shape index (κ1) is 14.7. The monoisotopic (exact) mass is 326 g/mol. The van der Waals surface area contributed by atoms with Gasteiger partial charge in [0.25, 0.3) is 0 Å². The molecule has 110 valence electrons. The predicted molar refractivity (Wildman–Crippen MR) is 80.0 cm³/mol. The number of aromatic nitrogens is 2. The van der Waals surface area contributed by atoms with Crippen molar-refractivity contribution < 1.29 is 9.13 Å². The highest BCUT2D eigenvalue weighted by Crippen LogP contribution is 2.44. The number of halogens is 3. The molecule has 1 aliphatic rings. The molecule has 1 aliphatic carbocycles. The fourth-order valence-electron chi connectivity index (χ4n) is 2.51. The lowest BCUT2D eigenvalue weighted by Crippen LogP contribution is -2.38. The molecule has 1 aromatic heterocycles. The van der Waals surface area contributed by atoms with Crippen LogP contribution in [-0.4, -0.2) is 17.1 Å². The van der Waals surface area contributed by atoms with Gasteiger partial charge in [-0.05, 0) is 37.0 Å². The lowest BCUT2D eigenvalue weighted by atomic mass is 9.79. The van der Waals surface area contributed by atoms with Crippen molar-refractivity contribution in [1.82, 2.24) is 9.97 Å². The van der Waals surface area contributed by atoms with Crippen LogP contribution in [0.4, 0.5) is 4.39 Å². The van der Waals surface area contributed by atoms with Crippen LogP contribution in [0.25, 0.3) is 11.1 Å². The van der Waals surface area contributed by atoms with Crippen molar-refractivity contribution in [2.24, 2.45) is 0 Å². The van der Waals surface area contributed by atoms with Crippen molar-refractivity contribution in [1.29, 1.82) is 0 Å². The number of rotatable bonds is 3. The SMILES string of the molecule is COC1(c2nc(Cl)c(-c3cccc(F)c3)c(Cl)n2)CCC1. The fraction of sp³-hybridized carbons (Fsp3) is 0.333. The van der Waals surface area contributed by atoms with Crippen LogP contribution in [-0.2, 0) is 10.3 Å². The summed E-state index contributed by atoms with van der Waals surface area (Å²) in [4.78, 5) is 8.65. The molecule has 0 aliphatic heterocycles. The third-order valence-corrected chi connectivity index (χ3v) is 4.44. The van der Waals surface area contributed by atoms with Gasteiger partial charge in [0, 0.05) is 7.11 Å². The van der Waals surface area contributed by atoms with Gasteiger partial charge in [-0.15, -0.1) is 0 Å². The predicted octanol–water partition coefficient (Wildman–Crippen LogP) is 4.62. The van der Waals surface area contributed by atoms with E-state index in [0.29, 0.717) is 17.0 Å². The standard InChI is InChI=1S/C15H13Cl2FN2O/c1-21-15(6-3-7-15)14-19-12(16)11(13(17)20-14)9-4-2-5-10(18)8-9/h2,4-5,8H,3,6-7H2,1H3. The molecule has 0 unspecified atom stereocenters. The summed E-state index contributed by atoms with van der Waals surface area (Å²) in [6.07, 6.45) is 2.74. The molecule has 2 aromatic rings. The van der Waals surface area contributed by atoms with E-state index in [1.54, 1.807) is 19.2 Å². The average molecular weight is 327 g/mol. The maximum absolute atomic E-state index is 13.4. The fourth-order valence-corrected chi connectivity index (χ4v) is 3.12. The van der Waals surface area contributed by atoms with Crippen LogP contribution in [0.2, 0.25) is 10.3 Å². The van der Waals surface area contributed by atoms with Gasteiger partial charge in [0.05, 0.1) is 5.56 Å². The van der Waals surface area contributed by atoms with Gasteiger partial charge >= 0.3 is 0 Å². The number of hydrogen-bond donors (Lipinski definition) is 0. The highest BCUT2D eigenvalue weighted by molar-refractivity contribution is 6.37. The summed E-state index contributed by atoms with van der Waals surface area (Å²) >= 11 is 12.5. The Labute approximate surface area is 132 Å². The second kappa shape index (κ2) is 5.52. The molecule has 1 saturated carbocycles.